The summed E-state index contributed by atoms with van der Waals surface area (Å²) in [6, 6.07) is 0.0631. The van der Waals surface area contributed by atoms with E-state index in [4.69, 9.17) is 10.6 Å². The molecule has 0 saturated carbocycles. The molecule has 16 heavy (non-hydrogen) atoms. The van der Waals surface area contributed by atoms with E-state index >= 15 is 0 Å². The summed E-state index contributed by atoms with van der Waals surface area (Å²) in [5.74, 6) is 5.60. The van der Waals surface area contributed by atoms with Crippen LogP contribution in [0.5, 0.6) is 0 Å². The lowest BCUT2D eigenvalue weighted by Gasteiger charge is -2.20. The van der Waals surface area contributed by atoms with Crippen LogP contribution in [0, 0.1) is 0 Å². The second-order valence-electron chi connectivity index (χ2n) is 4.23. The van der Waals surface area contributed by atoms with E-state index in [0.717, 1.165) is 38.0 Å². The summed E-state index contributed by atoms with van der Waals surface area (Å²) in [7, 11) is 0. The SMILES string of the molecule is CCCn1cc(C(NN)C2CCCO2)cn1. The molecule has 90 valence electrons. The zero-order chi connectivity index (χ0) is 11.4. The summed E-state index contributed by atoms with van der Waals surface area (Å²) < 4.78 is 7.60. The fourth-order valence-corrected chi connectivity index (χ4v) is 2.18. The highest BCUT2D eigenvalue weighted by atomic mass is 16.5. The summed E-state index contributed by atoms with van der Waals surface area (Å²) in [6.07, 6.45) is 7.38. The number of hydrogen-bond donors (Lipinski definition) is 2. The van der Waals surface area contributed by atoms with Gasteiger partial charge in [-0.2, -0.15) is 5.10 Å². The standard InChI is InChI=1S/C11H20N4O/c1-2-5-15-8-9(7-13-15)11(14-12)10-4-3-6-16-10/h7-8,10-11,14H,2-6,12H2,1H3. The molecule has 1 aliphatic heterocycles. The monoisotopic (exact) mass is 224 g/mol. The second kappa shape index (κ2) is 5.43. The number of hydrogen-bond acceptors (Lipinski definition) is 4. The molecule has 2 rings (SSSR count). The third-order valence-electron chi connectivity index (χ3n) is 2.98. The van der Waals surface area contributed by atoms with Gasteiger partial charge in [-0.15, -0.1) is 0 Å². The topological polar surface area (TPSA) is 65.1 Å². The molecule has 0 aliphatic carbocycles. The minimum atomic E-state index is 0.0631. The van der Waals surface area contributed by atoms with Gasteiger partial charge in [0.2, 0.25) is 0 Å². The first-order valence-electron chi connectivity index (χ1n) is 5.95. The third-order valence-corrected chi connectivity index (χ3v) is 2.98. The van der Waals surface area contributed by atoms with Gasteiger partial charge in [0, 0.05) is 24.9 Å². The first-order valence-corrected chi connectivity index (χ1v) is 5.95. The molecule has 1 aromatic heterocycles. The summed E-state index contributed by atoms with van der Waals surface area (Å²) in [4.78, 5) is 0. The molecule has 0 spiro atoms. The van der Waals surface area contributed by atoms with E-state index in [-0.39, 0.29) is 12.1 Å². The predicted molar refractivity (Wildman–Crippen MR) is 61.6 cm³/mol. The van der Waals surface area contributed by atoms with Crippen LogP contribution in [0.4, 0.5) is 0 Å². The smallest absolute Gasteiger partial charge is 0.0784 e. The first kappa shape index (κ1) is 11.6. The Bertz CT molecular complexity index is 320. The van der Waals surface area contributed by atoms with E-state index in [0.29, 0.717) is 0 Å². The highest BCUT2D eigenvalue weighted by Crippen LogP contribution is 2.25. The van der Waals surface area contributed by atoms with Crippen LogP contribution in [0.25, 0.3) is 0 Å². The van der Waals surface area contributed by atoms with Crippen LogP contribution in [0.1, 0.15) is 37.8 Å². The van der Waals surface area contributed by atoms with Gasteiger partial charge in [0.15, 0.2) is 0 Å². The van der Waals surface area contributed by atoms with E-state index in [2.05, 4.69) is 23.6 Å². The molecular formula is C11H20N4O. The number of nitrogens with zero attached hydrogens (tertiary/aromatic N) is 2. The number of aryl methyl sites for hydroxylation is 1. The molecule has 5 heteroatoms. The summed E-state index contributed by atoms with van der Waals surface area (Å²) in [5, 5.41) is 4.31. The van der Waals surface area contributed by atoms with Crippen LogP contribution in [0.15, 0.2) is 12.4 Å². The summed E-state index contributed by atoms with van der Waals surface area (Å²) in [5.41, 5.74) is 3.95. The van der Waals surface area contributed by atoms with Crippen molar-refractivity contribution in [2.45, 2.75) is 44.9 Å². The van der Waals surface area contributed by atoms with Gasteiger partial charge in [-0.05, 0) is 19.3 Å². The number of aromatic nitrogens is 2. The Balaban J connectivity index is 2.06. The van der Waals surface area contributed by atoms with Crippen molar-refractivity contribution in [3.8, 4) is 0 Å². The highest BCUT2D eigenvalue weighted by Gasteiger charge is 2.27. The fraction of sp³-hybridized carbons (Fsp3) is 0.727. The zero-order valence-electron chi connectivity index (χ0n) is 9.72. The van der Waals surface area contributed by atoms with Gasteiger partial charge in [0.25, 0.3) is 0 Å². The van der Waals surface area contributed by atoms with Crippen molar-refractivity contribution in [2.24, 2.45) is 5.84 Å². The fourth-order valence-electron chi connectivity index (χ4n) is 2.18. The molecular weight excluding hydrogens is 204 g/mol. The van der Waals surface area contributed by atoms with Crippen LogP contribution in [-0.4, -0.2) is 22.5 Å². The van der Waals surface area contributed by atoms with E-state index in [1.165, 1.54) is 0 Å². The Morgan fingerprint density at radius 3 is 3.25 bits per heavy atom. The minimum absolute atomic E-state index is 0.0631. The van der Waals surface area contributed by atoms with Gasteiger partial charge in [0.1, 0.15) is 0 Å². The van der Waals surface area contributed by atoms with Gasteiger partial charge >= 0.3 is 0 Å². The lowest BCUT2D eigenvalue weighted by Crippen LogP contribution is -2.36. The molecule has 5 nitrogen and oxygen atoms in total. The molecule has 1 fully saturated rings. The van der Waals surface area contributed by atoms with Gasteiger partial charge in [-0.3, -0.25) is 16.0 Å². The average Bonchev–Trinajstić information content (AvgIpc) is 2.92. The Labute approximate surface area is 95.9 Å². The van der Waals surface area contributed by atoms with Crippen molar-refractivity contribution in [3.63, 3.8) is 0 Å². The largest absolute Gasteiger partial charge is 0.376 e. The quantitative estimate of drug-likeness (QED) is 0.578. The summed E-state index contributed by atoms with van der Waals surface area (Å²) in [6.45, 7) is 3.93. The number of nitrogens with two attached hydrogens (primary N) is 1. The number of nitrogens with one attached hydrogen (secondary N) is 1. The molecule has 2 unspecified atom stereocenters. The molecule has 0 bridgehead atoms. The number of hydrazine groups is 1. The van der Waals surface area contributed by atoms with Crippen LogP contribution in [0.3, 0.4) is 0 Å². The van der Waals surface area contributed by atoms with Gasteiger partial charge in [-0.25, -0.2) is 0 Å². The molecule has 1 aromatic rings. The molecule has 1 aliphatic rings. The van der Waals surface area contributed by atoms with Gasteiger partial charge in [-0.1, -0.05) is 6.92 Å². The van der Waals surface area contributed by atoms with Crippen molar-refractivity contribution in [1.82, 2.24) is 15.2 Å². The van der Waals surface area contributed by atoms with Crippen molar-refractivity contribution in [3.05, 3.63) is 18.0 Å². The van der Waals surface area contributed by atoms with Crippen molar-refractivity contribution in [2.75, 3.05) is 6.61 Å². The van der Waals surface area contributed by atoms with Gasteiger partial charge < -0.3 is 4.74 Å². The Morgan fingerprint density at radius 1 is 1.75 bits per heavy atom. The lowest BCUT2D eigenvalue weighted by atomic mass is 10.0. The van der Waals surface area contributed by atoms with Crippen molar-refractivity contribution < 1.29 is 4.74 Å². The zero-order valence-corrected chi connectivity index (χ0v) is 9.72. The van der Waals surface area contributed by atoms with Crippen LogP contribution >= 0.6 is 0 Å². The van der Waals surface area contributed by atoms with Crippen LogP contribution in [0.2, 0.25) is 0 Å². The minimum Gasteiger partial charge on any atom is -0.376 e. The Hall–Kier alpha value is -0.910. The third kappa shape index (κ3) is 2.42. The molecule has 2 heterocycles. The van der Waals surface area contributed by atoms with E-state index in [1.807, 2.05) is 10.9 Å². The molecule has 0 amide bonds. The average molecular weight is 224 g/mol. The van der Waals surface area contributed by atoms with E-state index < -0.39 is 0 Å². The van der Waals surface area contributed by atoms with Crippen molar-refractivity contribution in [1.29, 1.82) is 0 Å². The Kier molecular flexibility index (Phi) is 3.93. The van der Waals surface area contributed by atoms with Crippen LogP contribution in [-0.2, 0) is 11.3 Å². The van der Waals surface area contributed by atoms with Crippen molar-refractivity contribution >= 4 is 0 Å². The normalized spacial score (nSPS) is 22.5. The maximum Gasteiger partial charge on any atom is 0.0784 e. The predicted octanol–water partition coefficient (Wildman–Crippen LogP) is 0.976. The second-order valence-corrected chi connectivity index (χ2v) is 4.23. The maximum atomic E-state index is 5.65. The lowest BCUT2D eigenvalue weighted by molar-refractivity contribution is 0.0783. The summed E-state index contributed by atoms with van der Waals surface area (Å²) >= 11 is 0. The molecule has 3 N–H and O–H groups in total. The number of ether oxygens (including phenoxy) is 1. The number of rotatable bonds is 5. The molecule has 0 radical (unpaired) electrons. The molecule has 1 saturated heterocycles. The maximum absolute atomic E-state index is 5.65. The highest BCUT2D eigenvalue weighted by molar-refractivity contribution is 5.12. The van der Waals surface area contributed by atoms with E-state index in [1.54, 1.807) is 0 Å². The first-order chi connectivity index (χ1) is 7.85. The Morgan fingerprint density at radius 2 is 2.62 bits per heavy atom. The van der Waals surface area contributed by atoms with E-state index in [9.17, 15) is 0 Å². The van der Waals surface area contributed by atoms with Gasteiger partial charge in [0.05, 0.1) is 18.3 Å². The van der Waals surface area contributed by atoms with Crippen LogP contribution < -0.4 is 11.3 Å². The molecule has 2 atom stereocenters. The molecule has 0 aromatic carbocycles.